The van der Waals surface area contributed by atoms with Crippen LogP contribution in [-0.4, -0.2) is 23.2 Å². The minimum atomic E-state index is -0.337. The van der Waals surface area contributed by atoms with Crippen molar-refractivity contribution in [2.75, 3.05) is 11.4 Å². The molecule has 2 aromatic carbocycles. The summed E-state index contributed by atoms with van der Waals surface area (Å²) >= 11 is 13.2. The molecule has 4 nitrogen and oxygen atoms in total. The molecule has 1 N–H and O–H groups in total. The number of halogens is 3. The summed E-state index contributed by atoms with van der Waals surface area (Å²) in [6.45, 7) is 9.61. The highest BCUT2D eigenvalue weighted by Gasteiger charge is 2.36. The highest BCUT2D eigenvalue weighted by molar-refractivity contribution is 8.18. The Balaban J connectivity index is 1.66. The quantitative estimate of drug-likeness (QED) is 0.436. The minimum absolute atomic E-state index is 0.0357. The van der Waals surface area contributed by atoms with E-state index in [4.69, 9.17) is 23.2 Å². The Hall–Kier alpha value is -2.02. The molecule has 1 amide bonds. The second kappa shape index (κ2) is 9.32. The van der Waals surface area contributed by atoms with E-state index in [1.54, 1.807) is 30.3 Å². The summed E-state index contributed by atoms with van der Waals surface area (Å²) in [5.41, 5.74) is 3.01. The molecule has 8 heteroatoms. The van der Waals surface area contributed by atoms with Crippen molar-refractivity contribution in [3.05, 3.63) is 62.2 Å². The lowest BCUT2D eigenvalue weighted by atomic mass is 9.79. The molecular weight excluding hydrogens is 480 g/mol. The third kappa shape index (κ3) is 4.93. The standard InChI is InChI=1S/C25H26Cl2FN3OS/c1-5-8-31-21-12-20(28)15(9-17(21)14(2)13-25(31,3)4)10-22-23(32)30-24(33-22)29-16-6-7-18(26)19(27)11-16/h6-7,9-12,14H,5,8,13H2,1-4H3,(H,29,30,32)/b22-10+. The Morgan fingerprint density at radius 3 is 2.73 bits per heavy atom. The zero-order chi connectivity index (χ0) is 23.9. The lowest BCUT2D eigenvalue weighted by Gasteiger charge is -2.47. The lowest BCUT2D eigenvalue weighted by Crippen LogP contribution is -2.48. The first-order valence-electron chi connectivity index (χ1n) is 10.9. The molecule has 1 saturated heterocycles. The van der Waals surface area contributed by atoms with Gasteiger partial charge in [0.2, 0.25) is 0 Å². The number of nitrogens with one attached hydrogen (secondary N) is 1. The highest BCUT2D eigenvalue weighted by atomic mass is 35.5. The normalized spacial score (nSPS) is 22.1. The third-order valence-electron chi connectivity index (χ3n) is 6.02. The Morgan fingerprint density at radius 1 is 1.27 bits per heavy atom. The fraction of sp³-hybridized carbons (Fsp3) is 0.360. The van der Waals surface area contributed by atoms with Crippen molar-refractivity contribution >= 4 is 63.5 Å². The zero-order valence-corrected chi connectivity index (χ0v) is 21.3. The number of nitrogens with zero attached hydrogens (tertiary/aromatic N) is 2. The summed E-state index contributed by atoms with van der Waals surface area (Å²) in [4.78, 5) is 19.6. The van der Waals surface area contributed by atoms with Gasteiger partial charge in [0.25, 0.3) is 5.91 Å². The van der Waals surface area contributed by atoms with Crippen molar-refractivity contribution in [2.45, 2.75) is 52.0 Å². The van der Waals surface area contributed by atoms with Crippen LogP contribution < -0.4 is 10.2 Å². The van der Waals surface area contributed by atoms with Gasteiger partial charge in [-0.15, -0.1) is 0 Å². The van der Waals surface area contributed by atoms with Crippen LogP contribution in [0.25, 0.3) is 6.08 Å². The van der Waals surface area contributed by atoms with E-state index < -0.39 is 0 Å². The summed E-state index contributed by atoms with van der Waals surface area (Å²) in [6.07, 6.45) is 3.57. The van der Waals surface area contributed by atoms with E-state index in [9.17, 15) is 4.79 Å². The average Bonchev–Trinajstić information content (AvgIpc) is 3.07. The third-order valence-corrected chi connectivity index (χ3v) is 7.67. The van der Waals surface area contributed by atoms with Gasteiger partial charge < -0.3 is 10.2 Å². The van der Waals surface area contributed by atoms with Crippen molar-refractivity contribution in [2.24, 2.45) is 4.99 Å². The van der Waals surface area contributed by atoms with Gasteiger partial charge in [-0.2, -0.15) is 0 Å². The Labute approximate surface area is 208 Å². The van der Waals surface area contributed by atoms with Crippen LogP contribution in [-0.2, 0) is 4.79 Å². The molecule has 1 atom stereocenters. The van der Waals surface area contributed by atoms with E-state index in [0.717, 1.165) is 30.6 Å². The lowest BCUT2D eigenvalue weighted by molar-refractivity contribution is -0.115. The van der Waals surface area contributed by atoms with Crippen LogP contribution >= 0.6 is 35.0 Å². The minimum Gasteiger partial charge on any atom is -0.366 e. The van der Waals surface area contributed by atoms with E-state index in [1.807, 2.05) is 6.07 Å². The van der Waals surface area contributed by atoms with Gasteiger partial charge >= 0.3 is 0 Å². The van der Waals surface area contributed by atoms with Crippen molar-refractivity contribution < 1.29 is 9.18 Å². The van der Waals surface area contributed by atoms with Gasteiger partial charge in [-0.1, -0.05) is 37.0 Å². The number of anilines is 1. The number of amides is 1. The molecule has 4 rings (SSSR count). The number of carbonyl (C=O) groups excluding carboxylic acids is 1. The number of rotatable bonds is 4. The van der Waals surface area contributed by atoms with E-state index in [1.165, 1.54) is 11.8 Å². The van der Waals surface area contributed by atoms with Crippen LogP contribution in [0.15, 0.2) is 40.2 Å². The monoisotopic (exact) mass is 505 g/mol. The van der Waals surface area contributed by atoms with Crippen molar-refractivity contribution in [3.63, 3.8) is 0 Å². The predicted octanol–water partition coefficient (Wildman–Crippen LogP) is 7.53. The van der Waals surface area contributed by atoms with Crippen LogP contribution in [0.4, 0.5) is 15.8 Å². The van der Waals surface area contributed by atoms with E-state index in [-0.39, 0.29) is 23.2 Å². The van der Waals surface area contributed by atoms with Crippen molar-refractivity contribution in [1.82, 2.24) is 5.32 Å². The predicted molar refractivity (Wildman–Crippen MR) is 138 cm³/mol. The molecule has 2 aliphatic heterocycles. The number of hydrogen-bond acceptors (Lipinski definition) is 4. The van der Waals surface area contributed by atoms with Gasteiger partial charge in [-0.05, 0) is 86.3 Å². The molecule has 2 aliphatic rings. The SMILES string of the molecule is CCCN1c2cc(F)c(/C=C3/SC(=Nc4ccc(Cl)c(Cl)c4)NC3=O)cc2C(C)CC1(C)C. The first-order chi connectivity index (χ1) is 15.6. The maximum absolute atomic E-state index is 15.2. The molecule has 0 radical (unpaired) electrons. The molecule has 174 valence electrons. The molecule has 0 spiro atoms. The Bertz CT molecular complexity index is 1180. The van der Waals surface area contributed by atoms with Crippen LogP contribution in [0.3, 0.4) is 0 Å². The summed E-state index contributed by atoms with van der Waals surface area (Å²) in [5, 5.41) is 3.96. The van der Waals surface area contributed by atoms with E-state index in [2.05, 4.69) is 42.9 Å². The smallest absolute Gasteiger partial charge is 0.264 e. The summed E-state index contributed by atoms with van der Waals surface area (Å²) in [6, 6.07) is 8.50. The number of fused-ring (bicyclic) bond motifs is 1. The number of amidine groups is 1. The molecule has 1 unspecified atom stereocenters. The van der Waals surface area contributed by atoms with E-state index >= 15 is 4.39 Å². The van der Waals surface area contributed by atoms with Gasteiger partial charge in [0.1, 0.15) is 5.82 Å². The molecule has 1 fully saturated rings. The molecule has 33 heavy (non-hydrogen) atoms. The largest absolute Gasteiger partial charge is 0.366 e. The Morgan fingerprint density at radius 2 is 2.03 bits per heavy atom. The fourth-order valence-electron chi connectivity index (χ4n) is 4.57. The maximum atomic E-state index is 15.2. The number of carbonyl (C=O) groups is 1. The first kappa shape index (κ1) is 24.1. The van der Waals surface area contributed by atoms with Gasteiger partial charge in [0.05, 0.1) is 20.6 Å². The molecule has 2 aromatic rings. The molecule has 0 saturated carbocycles. The second-order valence-electron chi connectivity index (χ2n) is 9.08. The first-order valence-corrected chi connectivity index (χ1v) is 12.5. The van der Waals surface area contributed by atoms with Gasteiger partial charge in [-0.25, -0.2) is 9.38 Å². The van der Waals surface area contributed by atoms with Gasteiger partial charge in [0, 0.05) is 23.3 Å². The molecule has 2 heterocycles. The topological polar surface area (TPSA) is 44.7 Å². The number of hydrogen-bond donors (Lipinski definition) is 1. The van der Waals surface area contributed by atoms with Gasteiger partial charge in [0.15, 0.2) is 5.17 Å². The maximum Gasteiger partial charge on any atom is 0.264 e. The Kier molecular flexibility index (Phi) is 6.81. The number of thioether (sulfide) groups is 1. The van der Waals surface area contributed by atoms with Crippen LogP contribution in [0.5, 0.6) is 0 Å². The summed E-state index contributed by atoms with van der Waals surface area (Å²) < 4.78 is 15.2. The second-order valence-corrected chi connectivity index (χ2v) is 10.9. The average molecular weight is 506 g/mol. The van der Waals surface area contributed by atoms with E-state index in [0.29, 0.717) is 31.4 Å². The summed E-state index contributed by atoms with van der Waals surface area (Å²) in [7, 11) is 0. The number of aliphatic imine (C=N–C) groups is 1. The fourth-order valence-corrected chi connectivity index (χ4v) is 5.70. The molecule has 0 bridgehead atoms. The van der Waals surface area contributed by atoms with Crippen LogP contribution in [0.1, 0.15) is 57.6 Å². The van der Waals surface area contributed by atoms with Gasteiger partial charge in [-0.3, -0.25) is 4.79 Å². The van der Waals surface area contributed by atoms with Crippen LogP contribution in [0.2, 0.25) is 10.0 Å². The van der Waals surface area contributed by atoms with Crippen molar-refractivity contribution in [3.8, 4) is 0 Å². The van der Waals surface area contributed by atoms with Crippen molar-refractivity contribution in [1.29, 1.82) is 0 Å². The zero-order valence-electron chi connectivity index (χ0n) is 19.0. The molecule has 0 aromatic heterocycles. The molecular formula is C25H26Cl2FN3OS. The number of benzene rings is 2. The molecule has 0 aliphatic carbocycles. The highest BCUT2D eigenvalue weighted by Crippen LogP contribution is 2.44. The summed E-state index contributed by atoms with van der Waals surface area (Å²) in [5.74, 6) is -0.356. The van der Waals surface area contributed by atoms with Crippen LogP contribution in [0, 0.1) is 5.82 Å².